The third-order valence-electron chi connectivity index (χ3n) is 5.18. The summed E-state index contributed by atoms with van der Waals surface area (Å²) in [5, 5.41) is 4.92. The van der Waals surface area contributed by atoms with E-state index in [0.717, 1.165) is 38.0 Å². The van der Waals surface area contributed by atoms with Gasteiger partial charge in [-0.15, -0.1) is 0 Å². The molecule has 1 amide bonds. The average molecular weight is 325 g/mol. The fourth-order valence-corrected chi connectivity index (χ4v) is 3.72. The maximum atomic E-state index is 12.0. The minimum absolute atomic E-state index is 0.283. The number of rotatable bonds is 5. The molecule has 2 aromatic rings. The molecular formula is C20H27N3O. The normalized spacial score (nSPS) is 21.2. The molecule has 0 aliphatic carbocycles. The number of para-hydroxylation sites is 1. The van der Waals surface area contributed by atoms with Gasteiger partial charge in [-0.2, -0.15) is 0 Å². The summed E-state index contributed by atoms with van der Waals surface area (Å²) in [6, 6.07) is 10.9. The van der Waals surface area contributed by atoms with Gasteiger partial charge in [-0.25, -0.2) is 0 Å². The fraction of sp³-hybridized carbons (Fsp3) is 0.500. The number of likely N-dealkylation sites (tertiary alicyclic amines) is 1. The van der Waals surface area contributed by atoms with Gasteiger partial charge in [-0.1, -0.05) is 44.5 Å². The molecule has 24 heavy (non-hydrogen) atoms. The zero-order chi connectivity index (χ0) is 16.9. The second-order valence-corrected chi connectivity index (χ2v) is 6.63. The molecule has 0 spiro atoms. The van der Waals surface area contributed by atoms with Crippen molar-refractivity contribution in [1.29, 1.82) is 0 Å². The van der Waals surface area contributed by atoms with Crippen molar-refractivity contribution in [3.8, 4) is 0 Å². The number of fused-ring (bicyclic) bond motifs is 1. The van der Waals surface area contributed by atoms with Gasteiger partial charge in [-0.05, 0) is 24.0 Å². The summed E-state index contributed by atoms with van der Waals surface area (Å²) in [7, 11) is 0. The van der Waals surface area contributed by atoms with Gasteiger partial charge < -0.3 is 10.2 Å². The van der Waals surface area contributed by atoms with E-state index < -0.39 is 0 Å². The SMILES string of the molecule is CCC(=O)N1CC[C@H](NCc2cccc3cccnc23)[C@H](CC)C1. The molecule has 1 N–H and O–H groups in total. The van der Waals surface area contributed by atoms with Gasteiger partial charge in [-0.3, -0.25) is 9.78 Å². The molecule has 3 rings (SSSR count). The molecule has 0 bridgehead atoms. The topological polar surface area (TPSA) is 45.2 Å². The van der Waals surface area contributed by atoms with E-state index in [2.05, 4.69) is 41.5 Å². The minimum Gasteiger partial charge on any atom is -0.342 e. The fourth-order valence-electron chi connectivity index (χ4n) is 3.72. The zero-order valence-corrected chi connectivity index (χ0v) is 14.7. The van der Waals surface area contributed by atoms with Crippen LogP contribution in [0.2, 0.25) is 0 Å². The molecule has 1 aromatic heterocycles. The summed E-state index contributed by atoms with van der Waals surface area (Å²) in [6.45, 7) is 6.75. The minimum atomic E-state index is 0.283. The van der Waals surface area contributed by atoms with Crippen molar-refractivity contribution < 1.29 is 4.79 Å². The molecule has 128 valence electrons. The van der Waals surface area contributed by atoms with E-state index in [4.69, 9.17) is 0 Å². The second kappa shape index (κ2) is 7.75. The lowest BCUT2D eigenvalue weighted by atomic mass is 9.89. The van der Waals surface area contributed by atoms with E-state index in [0.29, 0.717) is 18.4 Å². The Balaban J connectivity index is 1.66. The lowest BCUT2D eigenvalue weighted by Gasteiger charge is -2.39. The van der Waals surface area contributed by atoms with Crippen LogP contribution in [0.3, 0.4) is 0 Å². The Hall–Kier alpha value is -1.94. The standard InChI is InChI=1S/C20H27N3O/c1-3-15-14-23(19(24)4-2)12-10-18(15)22-13-17-8-5-7-16-9-6-11-21-20(16)17/h5-9,11,15,18,22H,3-4,10,12-14H2,1-2H3/t15-,18+/m1/s1. The van der Waals surface area contributed by atoms with Crippen molar-refractivity contribution in [2.45, 2.75) is 45.7 Å². The predicted molar refractivity (Wildman–Crippen MR) is 97.6 cm³/mol. The Labute approximate surface area is 144 Å². The Kier molecular flexibility index (Phi) is 5.46. The molecule has 0 saturated carbocycles. The molecular weight excluding hydrogens is 298 g/mol. The Morgan fingerprint density at radius 3 is 2.92 bits per heavy atom. The summed E-state index contributed by atoms with van der Waals surface area (Å²) < 4.78 is 0. The van der Waals surface area contributed by atoms with E-state index >= 15 is 0 Å². The number of carbonyl (C=O) groups excluding carboxylic acids is 1. The van der Waals surface area contributed by atoms with Crippen LogP contribution in [0.15, 0.2) is 36.5 Å². The van der Waals surface area contributed by atoms with E-state index in [1.165, 1.54) is 10.9 Å². The third kappa shape index (κ3) is 3.59. The largest absolute Gasteiger partial charge is 0.342 e. The van der Waals surface area contributed by atoms with Gasteiger partial charge in [0, 0.05) is 43.7 Å². The molecule has 0 radical (unpaired) electrons. The number of nitrogens with one attached hydrogen (secondary N) is 1. The highest BCUT2D eigenvalue weighted by Crippen LogP contribution is 2.22. The molecule has 0 unspecified atom stereocenters. The highest BCUT2D eigenvalue weighted by atomic mass is 16.2. The molecule has 2 atom stereocenters. The summed E-state index contributed by atoms with van der Waals surface area (Å²) >= 11 is 0. The first kappa shape index (κ1) is 16.9. The molecule has 1 saturated heterocycles. The summed E-state index contributed by atoms with van der Waals surface area (Å²) in [5.41, 5.74) is 2.33. The lowest BCUT2D eigenvalue weighted by Crippen LogP contribution is -2.50. The Morgan fingerprint density at radius 2 is 2.12 bits per heavy atom. The van der Waals surface area contributed by atoms with E-state index in [9.17, 15) is 4.79 Å². The van der Waals surface area contributed by atoms with Gasteiger partial charge in [0.25, 0.3) is 0 Å². The molecule has 1 aromatic carbocycles. The van der Waals surface area contributed by atoms with E-state index in [1.54, 1.807) is 0 Å². The first-order valence-electron chi connectivity index (χ1n) is 9.06. The van der Waals surface area contributed by atoms with Crippen molar-refractivity contribution in [1.82, 2.24) is 15.2 Å². The summed E-state index contributed by atoms with van der Waals surface area (Å²) in [4.78, 5) is 18.5. The van der Waals surface area contributed by atoms with Crippen LogP contribution in [0.25, 0.3) is 10.9 Å². The van der Waals surface area contributed by atoms with Crippen molar-refractivity contribution in [2.75, 3.05) is 13.1 Å². The zero-order valence-electron chi connectivity index (χ0n) is 14.7. The first-order chi connectivity index (χ1) is 11.7. The number of carbonyl (C=O) groups is 1. The van der Waals surface area contributed by atoms with Crippen LogP contribution in [-0.2, 0) is 11.3 Å². The number of amides is 1. The van der Waals surface area contributed by atoms with Crippen molar-refractivity contribution in [2.24, 2.45) is 5.92 Å². The molecule has 1 aliphatic rings. The van der Waals surface area contributed by atoms with Gasteiger partial charge >= 0.3 is 0 Å². The summed E-state index contributed by atoms with van der Waals surface area (Å²) in [5.74, 6) is 0.808. The number of pyridine rings is 1. The Bertz CT molecular complexity index is 695. The second-order valence-electron chi connectivity index (χ2n) is 6.63. The number of hydrogen-bond acceptors (Lipinski definition) is 3. The van der Waals surface area contributed by atoms with E-state index in [1.807, 2.05) is 24.1 Å². The van der Waals surface area contributed by atoms with Gasteiger partial charge in [0.15, 0.2) is 0 Å². The van der Waals surface area contributed by atoms with E-state index in [-0.39, 0.29) is 5.91 Å². The van der Waals surface area contributed by atoms with Crippen molar-refractivity contribution in [3.63, 3.8) is 0 Å². The summed E-state index contributed by atoms with van der Waals surface area (Å²) in [6.07, 6.45) is 4.59. The molecule has 4 nitrogen and oxygen atoms in total. The first-order valence-corrected chi connectivity index (χ1v) is 9.06. The van der Waals surface area contributed by atoms with Crippen LogP contribution in [0, 0.1) is 5.92 Å². The number of hydrogen-bond donors (Lipinski definition) is 1. The van der Waals surface area contributed by atoms with Gasteiger partial charge in [0.2, 0.25) is 5.91 Å². The van der Waals surface area contributed by atoms with Crippen LogP contribution in [0.5, 0.6) is 0 Å². The lowest BCUT2D eigenvalue weighted by molar-refractivity contribution is -0.133. The van der Waals surface area contributed by atoms with Gasteiger partial charge in [0.1, 0.15) is 0 Å². The van der Waals surface area contributed by atoms with Crippen LogP contribution in [-0.4, -0.2) is 34.9 Å². The molecule has 2 heterocycles. The highest BCUT2D eigenvalue weighted by Gasteiger charge is 2.29. The predicted octanol–water partition coefficient (Wildman–Crippen LogP) is 3.36. The molecule has 4 heteroatoms. The van der Waals surface area contributed by atoms with Crippen LogP contribution in [0.1, 0.15) is 38.7 Å². The highest BCUT2D eigenvalue weighted by molar-refractivity contribution is 5.81. The Morgan fingerprint density at radius 1 is 1.29 bits per heavy atom. The average Bonchev–Trinajstić information content (AvgIpc) is 2.65. The number of benzene rings is 1. The van der Waals surface area contributed by atoms with Crippen molar-refractivity contribution >= 4 is 16.8 Å². The number of nitrogens with zero attached hydrogens (tertiary/aromatic N) is 2. The van der Waals surface area contributed by atoms with Crippen molar-refractivity contribution in [3.05, 3.63) is 42.1 Å². The van der Waals surface area contributed by atoms with Crippen LogP contribution < -0.4 is 5.32 Å². The maximum Gasteiger partial charge on any atom is 0.222 e. The monoisotopic (exact) mass is 325 g/mol. The molecule has 1 aliphatic heterocycles. The maximum absolute atomic E-state index is 12.0. The van der Waals surface area contributed by atoms with Gasteiger partial charge in [0.05, 0.1) is 5.52 Å². The quantitative estimate of drug-likeness (QED) is 0.917. The molecule has 1 fully saturated rings. The van der Waals surface area contributed by atoms with Crippen LogP contribution in [0.4, 0.5) is 0 Å². The number of piperidine rings is 1. The van der Waals surface area contributed by atoms with Crippen LogP contribution >= 0.6 is 0 Å². The number of aromatic nitrogens is 1. The third-order valence-corrected chi connectivity index (χ3v) is 5.18. The smallest absolute Gasteiger partial charge is 0.222 e.